The van der Waals surface area contributed by atoms with Gasteiger partial charge in [-0.2, -0.15) is 0 Å². The second kappa shape index (κ2) is 5.57. The van der Waals surface area contributed by atoms with Crippen molar-refractivity contribution in [2.24, 2.45) is 5.73 Å². The molecule has 6 heteroatoms. The van der Waals surface area contributed by atoms with Crippen molar-refractivity contribution in [3.8, 4) is 5.69 Å². The van der Waals surface area contributed by atoms with E-state index >= 15 is 0 Å². The van der Waals surface area contributed by atoms with Crippen molar-refractivity contribution in [3.05, 3.63) is 42.0 Å². The Balaban J connectivity index is 2.11. The van der Waals surface area contributed by atoms with Crippen LogP contribution in [0.4, 0.5) is 0 Å². The van der Waals surface area contributed by atoms with Gasteiger partial charge in [0.2, 0.25) is 0 Å². The van der Waals surface area contributed by atoms with Crippen molar-refractivity contribution in [2.45, 2.75) is 32.7 Å². The minimum absolute atomic E-state index is 0.0750. The third-order valence-corrected chi connectivity index (χ3v) is 3.62. The summed E-state index contributed by atoms with van der Waals surface area (Å²) in [7, 11) is 0. The van der Waals surface area contributed by atoms with Crippen LogP contribution in [0.3, 0.4) is 0 Å². The standard InChI is InChI=1S/C15H18N6/c1-3-11(16)15-14(4-2)21(20-19-15)10-5-6-12-13(9-10)18-8-7-17-12/h5-9,11H,3-4,16H2,1-2H3. The van der Waals surface area contributed by atoms with Crippen LogP contribution < -0.4 is 5.73 Å². The van der Waals surface area contributed by atoms with Crippen LogP contribution in [0.15, 0.2) is 30.6 Å². The minimum atomic E-state index is -0.0750. The normalized spacial score (nSPS) is 12.7. The van der Waals surface area contributed by atoms with E-state index in [1.54, 1.807) is 12.4 Å². The zero-order valence-electron chi connectivity index (χ0n) is 12.2. The Morgan fingerprint density at radius 3 is 2.62 bits per heavy atom. The van der Waals surface area contributed by atoms with E-state index in [1.165, 1.54) is 0 Å². The summed E-state index contributed by atoms with van der Waals surface area (Å²) in [4.78, 5) is 8.61. The first-order valence-electron chi connectivity index (χ1n) is 7.15. The molecule has 6 nitrogen and oxygen atoms in total. The van der Waals surface area contributed by atoms with E-state index in [9.17, 15) is 0 Å². The fourth-order valence-electron chi connectivity index (χ4n) is 2.42. The second-order valence-corrected chi connectivity index (χ2v) is 4.93. The number of fused-ring (bicyclic) bond motifs is 1. The molecule has 0 saturated heterocycles. The predicted molar refractivity (Wildman–Crippen MR) is 81.1 cm³/mol. The van der Waals surface area contributed by atoms with Crippen LogP contribution in [-0.2, 0) is 6.42 Å². The molecular formula is C15H18N6. The third kappa shape index (κ3) is 2.38. The van der Waals surface area contributed by atoms with Gasteiger partial charge in [-0.1, -0.05) is 19.1 Å². The van der Waals surface area contributed by atoms with Gasteiger partial charge in [0.05, 0.1) is 28.5 Å². The molecule has 1 aromatic carbocycles. The van der Waals surface area contributed by atoms with E-state index in [-0.39, 0.29) is 6.04 Å². The molecule has 0 aliphatic rings. The number of aromatic nitrogens is 5. The molecule has 0 fully saturated rings. The van der Waals surface area contributed by atoms with Crippen molar-refractivity contribution in [3.63, 3.8) is 0 Å². The number of hydrogen-bond donors (Lipinski definition) is 1. The fourth-order valence-corrected chi connectivity index (χ4v) is 2.42. The van der Waals surface area contributed by atoms with E-state index in [4.69, 9.17) is 5.73 Å². The van der Waals surface area contributed by atoms with Crippen LogP contribution in [0.2, 0.25) is 0 Å². The molecule has 0 radical (unpaired) electrons. The van der Waals surface area contributed by atoms with Gasteiger partial charge in [-0.3, -0.25) is 9.97 Å². The van der Waals surface area contributed by atoms with Crippen molar-refractivity contribution < 1.29 is 0 Å². The summed E-state index contributed by atoms with van der Waals surface area (Å²) in [6.45, 7) is 4.14. The van der Waals surface area contributed by atoms with E-state index in [1.807, 2.05) is 22.9 Å². The summed E-state index contributed by atoms with van der Waals surface area (Å²) in [5, 5.41) is 8.54. The van der Waals surface area contributed by atoms with Crippen molar-refractivity contribution in [2.75, 3.05) is 0 Å². The van der Waals surface area contributed by atoms with Crippen LogP contribution in [-0.4, -0.2) is 25.0 Å². The number of benzene rings is 1. The summed E-state index contributed by atoms with van der Waals surface area (Å²) in [5.74, 6) is 0. The Bertz CT molecular complexity index is 764. The zero-order chi connectivity index (χ0) is 14.8. The lowest BCUT2D eigenvalue weighted by Gasteiger charge is -2.09. The first-order chi connectivity index (χ1) is 10.2. The van der Waals surface area contributed by atoms with Crippen molar-refractivity contribution >= 4 is 11.0 Å². The Morgan fingerprint density at radius 2 is 1.90 bits per heavy atom. The van der Waals surface area contributed by atoms with Gasteiger partial charge in [0.1, 0.15) is 5.69 Å². The molecule has 2 heterocycles. The molecule has 0 amide bonds. The first-order valence-corrected chi connectivity index (χ1v) is 7.15. The molecule has 1 atom stereocenters. The summed E-state index contributed by atoms with van der Waals surface area (Å²) >= 11 is 0. The molecule has 3 rings (SSSR count). The van der Waals surface area contributed by atoms with Gasteiger partial charge in [0, 0.05) is 12.4 Å². The third-order valence-electron chi connectivity index (χ3n) is 3.62. The molecule has 0 aliphatic carbocycles. The number of rotatable bonds is 4. The molecule has 0 saturated carbocycles. The maximum absolute atomic E-state index is 6.11. The van der Waals surface area contributed by atoms with Gasteiger partial charge in [-0.05, 0) is 31.0 Å². The number of nitrogens with two attached hydrogens (primary N) is 1. The molecule has 0 bridgehead atoms. The lowest BCUT2D eigenvalue weighted by Crippen LogP contribution is -2.12. The largest absolute Gasteiger partial charge is 0.323 e. The lowest BCUT2D eigenvalue weighted by atomic mass is 10.1. The average Bonchev–Trinajstić information content (AvgIpc) is 2.97. The van der Waals surface area contributed by atoms with E-state index in [0.29, 0.717) is 0 Å². The van der Waals surface area contributed by atoms with E-state index in [2.05, 4.69) is 34.1 Å². The average molecular weight is 282 g/mol. The molecule has 3 aromatic rings. The lowest BCUT2D eigenvalue weighted by molar-refractivity contribution is 0.665. The van der Waals surface area contributed by atoms with Gasteiger partial charge in [-0.25, -0.2) is 4.68 Å². The minimum Gasteiger partial charge on any atom is -0.323 e. The van der Waals surface area contributed by atoms with E-state index in [0.717, 1.165) is 41.0 Å². The zero-order valence-corrected chi connectivity index (χ0v) is 12.2. The fraction of sp³-hybridized carbons (Fsp3) is 0.333. The van der Waals surface area contributed by atoms with Crippen LogP contribution in [0.25, 0.3) is 16.7 Å². The Hall–Kier alpha value is -2.34. The highest BCUT2D eigenvalue weighted by Crippen LogP contribution is 2.21. The maximum Gasteiger partial charge on any atom is 0.103 e. The molecule has 0 spiro atoms. The Morgan fingerprint density at radius 1 is 1.14 bits per heavy atom. The summed E-state index contributed by atoms with van der Waals surface area (Å²) in [6, 6.07) is 5.82. The predicted octanol–water partition coefficient (Wildman–Crippen LogP) is 2.18. The van der Waals surface area contributed by atoms with Crippen LogP contribution >= 0.6 is 0 Å². The number of nitrogens with zero attached hydrogens (tertiary/aromatic N) is 5. The molecule has 21 heavy (non-hydrogen) atoms. The summed E-state index contributed by atoms with van der Waals surface area (Å²) < 4.78 is 1.85. The molecule has 0 aliphatic heterocycles. The van der Waals surface area contributed by atoms with Crippen LogP contribution in [0.5, 0.6) is 0 Å². The van der Waals surface area contributed by atoms with Crippen LogP contribution in [0.1, 0.15) is 37.7 Å². The first kappa shape index (κ1) is 13.6. The molecule has 1 unspecified atom stereocenters. The van der Waals surface area contributed by atoms with Gasteiger partial charge in [-0.15, -0.1) is 5.10 Å². The highest BCUT2D eigenvalue weighted by atomic mass is 15.4. The highest BCUT2D eigenvalue weighted by molar-refractivity contribution is 5.76. The van der Waals surface area contributed by atoms with Gasteiger partial charge < -0.3 is 5.73 Å². The second-order valence-electron chi connectivity index (χ2n) is 4.93. The van der Waals surface area contributed by atoms with Gasteiger partial charge in [0.25, 0.3) is 0 Å². The van der Waals surface area contributed by atoms with Crippen LogP contribution in [0, 0.1) is 0 Å². The highest BCUT2D eigenvalue weighted by Gasteiger charge is 2.17. The quantitative estimate of drug-likeness (QED) is 0.793. The molecule has 108 valence electrons. The Kier molecular flexibility index (Phi) is 3.62. The summed E-state index contributed by atoms with van der Waals surface area (Å²) in [6.07, 6.45) is 5.04. The Labute approximate surface area is 123 Å². The van der Waals surface area contributed by atoms with Crippen molar-refractivity contribution in [1.29, 1.82) is 0 Å². The summed E-state index contributed by atoms with van der Waals surface area (Å²) in [5.41, 5.74) is 10.7. The number of hydrogen-bond acceptors (Lipinski definition) is 5. The topological polar surface area (TPSA) is 82.5 Å². The van der Waals surface area contributed by atoms with Gasteiger partial charge >= 0.3 is 0 Å². The smallest absolute Gasteiger partial charge is 0.103 e. The SMILES string of the molecule is CCc1c(C(N)CC)nnn1-c1ccc2nccnc2c1. The monoisotopic (exact) mass is 282 g/mol. The maximum atomic E-state index is 6.11. The van der Waals surface area contributed by atoms with Crippen molar-refractivity contribution in [1.82, 2.24) is 25.0 Å². The van der Waals surface area contributed by atoms with E-state index < -0.39 is 0 Å². The molecular weight excluding hydrogens is 264 g/mol. The molecule has 2 N–H and O–H groups in total. The van der Waals surface area contributed by atoms with Gasteiger partial charge in [0.15, 0.2) is 0 Å². The molecule has 2 aromatic heterocycles.